The Morgan fingerprint density at radius 3 is 2.37 bits per heavy atom. The summed E-state index contributed by atoms with van der Waals surface area (Å²) in [5, 5.41) is 29.0. The fourth-order valence-corrected chi connectivity index (χ4v) is 15.9. The number of allylic oxidation sites excluding steroid dienone is 4. The van der Waals surface area contributed by atoms with Gasteiger partial charge in [0.25, 0.3) is 0 Å². The maximum atomic E-state index is 15.2. The SMILES string of the molecule is C[C@@H](NC(=O)N(C[C@@H]1CC[C@H]2C[C@@H]1C2(C)C)C[C@]1(O)CC[C@H]2[C@]34C=C[C@@]5(C=C3C(=O)c3cc6ccccc6s3)CC(O)CC[C@]5(C)[C@H]4CC[C@@]21C)c1ccccc1. The summed E-state index contributed by atoms with van der Waals surface area (Å²) in [4.78, 5) is 32.7. The van der Waals surface area contributed by atoms with E-state index in [9.17, 15) is 15.0 Å². The fraction of sp³-hybridized carbons (Fsp3) is 0.600. The van der Waals surface area contributed by atoms with Crippen LogP contribution in [0.1, 0.15) is 120 Å². The number of carbonyl (C=O) groups is 2. The standard InChI is InChI=1S/C50H62N2O4S/c1-31(32-11-7-6-8-12-32)51-44(55)52(29-34-15-16-35-26-37(34)45(35,2)3)30-49(56)22-19-42-47(49,5)21-18-41-46(4)20-17-36(53)27-48(46)23-24-50(41,42)38(28-48)43(54)40-25-33-13-9-10-14-39(33)57-40/h6-14,23-25,28,31,34-37,41-42,53,56H,15-22,26-27,29-30H2,1-5H3,(H,51,55)/t31-,34+,35+,36?,37+,41-,42-,46-,47+,48+,49-,50-/m1/s1. The van der Waals surface area contributed by atoms with Crippen LogP contribution in [0.3, 0.4) is 0 Å². The summed E-state index contributed by atoms with van der Waals surface area (Å²) >= 11 is 1.58. The molecule has 9 aliphatic carbocycles. The van der Waals surface area contributed by atoms with E-state index in [1.165, 1.54) is 12.8 Å². The van der Waals surface area contributed by atoms with Crippen LogP contribution < -0.4 is 5.32 Å². The number of fused-ring (bicyclic) bond motifs is 4. The zero-order chi connectivity index (χ0) is 39.8. The Labute approximate surface area is 343 Å². The molecule has 0 saturated heterocycles. The summed E-state index contributed by atoms with van der Waals surface area (Å²) in [7, 11) is 0. The average Bonchev–Trinajstić information content (AvgIpc) is 3.76. The highest BCUT2D eigenvalue weighted by molar-refractivity contribution is 7.21. The predicted octanol–water partition coefficient (Wildman–Crippen LogP) is 10.5. The number of nitrogens with one attached hydrogen (secondary N) is 1. The second-order valence-corrected chi connectivity index (χ2v) is 22.0. The minimum absolute atomic E-state index is 0.0331. The highest BCUT2D eigenvalue weighted by Gasteiger charge is 2.74. The average molecular weight is 787 g/mol. The van der Waals surface area contributed by atoms with E-state index in [1.54, 1.807) is 11.3 Å². The van der Waals surface area contributed by atoms with Crippen LogP contribution in [0.2, 0.25) is 0 Å². The molecule has 3 N–H and O–H groups in total. The number of aliphatic hydroxyl groups excluding tert-OH is 1. The largest absolute Gasteiger partial charge is 0.393 e. The molecule has 1 heterocycles. The monoisotopic (exact) mass is 786 g/mol. The van der Waals surface area contributed by atoms with Crippen molar-refractivity contribution in [1.29, 1.82) is 0 Å². The van der Waals surface area contributed by atoms with E-state index in [4.69, 9.17) is 0 Å². The van der Waals surface area contributed by atoms with Crippen molar-refractivity contribution in [3.8, 4) is 0 Å². The lowest BCUT2D eigenvalue weighted by Gasteiger charge is -2.71. The van der Waals surface area contributed by atoms with Crippen LogP contribution in [-0.2, 0) is 0 Å². The van der Waals surface area contributed by atoms with Gasteiger partial charge in [-0.05, 0) is 135 Å². The molecule has 12 atom stereocenters. The van der Waals surface area contributed by atoms with Crippen molar-refractivity contribution in [3.05, 3.63) is 94.9 Å². The molecule has 12 rings (SSSR count). The number of hydrogen-bond donors (Lipinski definition) is 3. The van der Waals surface area contributed by atoms with Crippen molar-refractivity contribution in [3.63, 3.8) is 0 Å². The van der Waals surface area contributed by atoms with E-state index in [0.29, 0.717) is 43.2 Å². The van der Waals surface area contributed by atoms with Crippen LogP contribution in [-0.4, -0.2) is 51.7 Å². The number of hydrogen-bond acceptors (Lipinski definition) is 5. The van der Waals surface area contributed by atoms with Gasteiger partial charge >= 0.3 is 6.03 Å². The number of ketones is 1. The van der Waals surface area contributed by atoms with E-state index in [2.05, 4.69) is 88.5 Å². The van der Waals surface area contributed by atoms with Crippen LogP contribution >= 0.6 is 11.3 Å². The van der Waals surface area contributed by atoms with Crippen molar-refractivity contribution >= 4 is 33.2 Å². The normalized spacial score (nSPS) is 41.3. The molecular weight excluding hydrogens is 725 g/mol. The van der Waals surface area contributed by atoms with Gasteiger partial charge in [0.2, 0.25) is 0 Å². The van der Waals surface area contributed by atoms with Gasteiger partial charge in [0.1, 0.15) is 0 Å². The molecule has 3 aromatic rings. The van der Waals surface area contributed by atoms with Crippen LogP contribution in [0.5, 0.6) is 0 Å². The first-order valence-corrected chi connectivity index (χ1v) is 22.9. The molecule has 302 valence electrons. The Hall–Kier alpha value is -3.26. The lowest BCUT2D eigenvalue weighted by molar-refractivity contribution is -0.176. The van der Waals surface area contributed by atoms with Gasteiger partial charge in [0.15, 0.2) is 5.78 Å². The number of urea groups is 1. The quantitative estimate of drug-likeness (QED) is 0.157. The Balaban J connectivity index is 1.02. The maximum absolute atomic E-state index is 15.2. The third kappa shape index (κ3) is 5.26. The molecule has 9 aliphatic rings. The van der Waals surface area contributed by atoms with E-state index >= 15 is 4.79 Å². The minimum Gasteiger partial charge on any atom is -0.393 e. The zero-order valence-electron chi connectivity index (χ0n) is 34.6. The number of nitrogens with zero attached hydrogens (tertiary/aromatic N) is 1. The molecule has 2 spiro atoms. The first-order chi connectivity index (χ1) is 27.1. The van der Waals surface area contributed by atoms with Crippen LogP contribution in [0.4, 0.5) is 4.79 Å². The lowest BCUT2D eigenvalue weighted by Crippen LogP contribution is -2.67. The van der Waals surface area contributed by atoms with Crippen LogP contribution in [0.25, 0.3) is 10.1 Å². The molecule has 6 nitrogen and oxygen atoms in total. The Morgan fingerprint density at radius 1 is 0.895 bits per heavy atom. The molecule has 57 heavy (non-hydrogen) atoms. The van der Waals surface area contributed by atoms with Gasteiger partial charge in [0, 0.05) is 33.1 Å². The van der Waals surface area contributed by atoms with E-state index in [1.807, 2.05) is 35.2 Å². The maximum Gasteiger partial charge on any atom is 0.317 e. The number of aliphatic hydroxyl groups is 2. The van der Waals surface area contributed by atoms with Gasteiger partial charge in [-0.3, -0.25) is 4.79 Å². The van der Waals surface area contributed by atoms with Gasteiger partial charge in [-0.25, -0.2) is 4.79 Å². The molecule has 0 aliphatic heterocycles. The molecule has 2 aromatic carbocycles. The molecule has 6 fully saturated rings. The number of thiophene rings is 1. The first-order valence-electron chi connectivity index (χ1n) is 22.1. The lowest BCUT2D eigenvalue weighted by atomic mass is 9.32. The third-order valence-electron chi connectivity index (χ3n) is 18.4. The number of Topliss-reactive ketones (excluding diaryl/α,β-unsaturated/α-hetero) is 1. The molecule has 4 bridgehead atoms. The van der Waals surface area contributed by atoms with Crippen molar-refractivity contribution in [2.24, 2.45) is 56.7 Å². The Kier molecular flexibility index (Phi) is 8.57. The highest BCUT2D eigenvalue weighted by Crippen LogP contribution is 2.78. The summed E-state index contributed by atoms with van der Waals surface area (Å²) in [6.45, 7) is 12.6. The third-order valence-corrected chi connectivity index (χ3v) is 19.6. The summed E-state index contributed by atoms with van der Waals surface area (Å²) in [5.74, 6) is 2.15. The van der Waals surface area contributed by atoms with Gasteiger partial charge in [-0.1, -0.05) is 94.5 Å². The van der Waals surface area contributed by atoms with E-state index in [-0.39, 0.29) is 40.5 Å². The molecular formula is C50H62N2O4S. The van der Waals surface area contributed by atoms with Gasteiger partial charge < -0.3 is 20.4 Å². The Morgan fingerprint density at radius 2 is 1.61 bits per heavy atom. The van der Waals surface area contributed by atoms with Gasteiger partial charge in [-0.2, -0.15) is 0 Å². The summed E-state index contributed by atoms with van der Waals surface area (Å²) in [5.41, 5.74) is -0.394. The smallest absolute Gasteiger partial charge is 0.317 e. The summed E-state index contributed by atoms with van der Waals surface area (Å²) in [6.07, 6.45) is 15.8. The second kappa shape index (κ2) is 12.9. The zero-order valence-corrected chi connectivity index (χ0v) is 35.4. The Bertz CT molecular complexity index is 2140. The summed E-state index contributed by atoms with van der Waals surface area (Å²) < 4.78 is 1.12. The van der Waals surface area contributed by atoms with E-state index < -0.39 is 22.5 Å². The molecule has 2 amide bonds. The van der Waals surface area contributed by atoms with Crippen LogP contribution in [0, 0.1) is 56.7 Å². The highest BCUT2D eigenvalue weighted by atomic mass is 32.1. The molecule has 7 heteroatoms. The van der Waals surface area contributed by atoms with Crippen LogP contribution in [0.15, 0.2) is 84.5 Å². The molecule has 1 unspecified atom stereocenters. The molecule has 1 aromatic heterocycles. The first kappa shape index (κ1) is 38.0. The number of rotatable bonds is 8. The van der Waals surface area contributed by atoms with Crippen molar-refractivity contribution in [2.45, 2.75) is 117 Å². The van der Waals surface area contributed by atoms with Crippen molar-refractivity contribution in [2.75, 3.05) is 13.1 Å². The second-order valence-electron chi connectivity index (χ2n) is 20.9. The van der Waals surface area contributed by atoms with Crippen molar-refractivity contribution in [1.82, 2.24) is 10.2 Å². The fourth-order valence-electron chi connectivity index (χ4n) is 14.9. The number of benzene rings is 2. The molecule has 6 saturated carbocycles. The van der Waals surface area contributed by atoms with Crippen molar-refractivity contribution < 1.29 is 19.8 Å². The predicted molar refractivity (Wildman–Crippen MR) is 228 cm³/mol. The van der Waals surface area contributed by atoms with E-state index in [0.717, 1.165) is 70.5 Å². The minimum atomic E-state index is -1.12. The number of carbonyl (C=O) groups excluding carboxylic acids is 2. The summed E-state index contributed by atoms with van der Waals surface area (Å²) in [6, 6.07) is 20.3. The topological polar surface area (TPSA) is 89.9 Å². The van der Waals surface area contributed by atoms with Gasteiger partial charge in [0.05, 0.1) is 29.2 Å². The number of amides is 2. The van der Waals surface area contributed by atoms with Gasteiger partial charge in [-0.15, -0.1) is 11.3 Å². The molecule has 0 radical (unpaired) electrons.